The summed E-state index contributed by atoms with van der Waals surface area (Å²) in [6.07, 6.45) is -13.3. The van der Waals surface area contributed by atoms with Gasteiger partial charge in [0.15, 0.2) is 18.9 Å². The summed E-state index contributed by atoms with van der Waals surface area (Å²) in [5.74, 6) is -11.6. The monoisotopic (exact) mass is 842 g/mol. The minimum absolute atomic E-state index is 0.00422. The molecule has 0 aromatic carbocycles. The molecule has 5 atom stereocenters. The van der Waals surface area contributed by atoms with Crippen LogP contribution in [0.1, 0.15) is 59.3 Å². The number of carbonyl (C=O) groups is 2. The Kier molecular flexibility index (Phi) is 26.6. The van der Waals surface area contributed by atoms with Crippen molar-refractivity contribution in [3.8, 4) is 0 Å². The van der Waals surface area contributed by atoms with E-state index in [4.69, 9.17) is 37.9 Å². The molecule has 0 radical (unpaired) electrons. The van der Waals surface area contributed by atoms with Crippen LogP contribution in [0.15, 0.2) is 25.3 Å². The number of rotatable bonds is 34. The Bertz CT molecular complexity index is 1100. The Morgan fingerprint density at radius 1 is 0.518 bits per heavy atom. The fraction of sp³-hybridized carbons (Fsp3) is 0.824. The van der Waals surface area contributed by atoms with E-state index in [9.17, 15) is 53.5 Å². The van der Waals surface area contributed by atoms with E-state index < -0.39 is 93.6 Å². The number of esters is 2. The summed E-state index contributed by atoms with van der Waals surface area (Å²) in [4.78, 5) is 22.1. The number of unbranched alkanes of at least 4 members (excludes halogenated alkanes) is 2. The highest BCUT2D eigenvalue weighted by molar-refractivity contribution is 5.81. The van der Waals surface area contributed by atoms with Gasteiger partial charge in [-0.05, 0) is 46.5 Å². The van der Waals surface area contributed by atoms with Crippen molar-refractivity contribution in [2.24, 2.45) is 0 Å². The summed E-state index contributed by atoms with van der Waals surface area (Å²) >= 11 is 0. The van der Waals surface area contributed by atoms with Crippen molar-refractivity contribution in [1.29, 1.82) is 0 Å². The molecular weight excluding hydrogens is 790 g/mol. The van der Waals surface area contributed by atoms with Crippen molar-refractivity contribution in [2.45, 2.75) is 115 Å². The summed E-state index contributed by atoms with van der Waals surface area (Å²) in [7, 11) is 0. The Labute approximate surface area is 319 Å². The van der Waals surface area contributed by atoms with Crippen molar-refractivity contribution in [2.75, 3.05) is 66.1 Å². The van der Waals surface area contributed by atoms with E-state index in [1.54, 1.807) is 6.92 Å². The number of carbonyl (C=O) groups excluding carboxylic acids is 2. The zero-order valence-corrected chi connectivity index (χ0v) is 31.4. The molecule has 0 aromatic heterocycles. The van der Waals surface area contributed by atoms with Gasteiger partial charge >= 0.3 is 36.1 Å². The summed E-state index contributed by atoms with van der Waals surface area (Å²) < 4.78 is 181. The van der Waals surface area contributed by atoms with Gasteiger partial charge in [0.05, 0.1) is 38.6 Å². The number of hydrogen-bond donors (Lipinski definition) is 0. The van der Waals surface area contributed by atoms with Crippen LogP contribution in [-0.4, -0.2) is 133 Å². The number of halogens is 10. The quantitative estimate of drug-likeness (QED) is 0.0216. The Balaban J connectivity index is 5.13. The predicted octanol–water partition coefficient (Wildman–Crippen LogP) is 7.09. The molecule has 0 fully saturated rings. The molecule has 0 spiro atoms. The van der Waals surface area contributed by atoms with Crippen LogP contribution in [0.25, 0.3) is 0 Å². The second kappa shape index (κ2) is 27.9. The van der Waals surface area contributed by atoms with Gasteiger partial charge in [0.25, 0.3) is 0 Å². The highest BCUT2D eigenvalue weighted by Gasteiger charge is 2.58. The van der Waals surface area contributed by atoms with Crippen LogP contribution in [0.3, 0.4) is 0 Å². The van der Waals surface area contributed by atoms with E-state index in [1.165, 1.54) is 13.8 Å². The van der Waals surface area contributed by atoms with E-state index in [0.29, 0.717) is 12.8 Å². The molecule has 5 unspecified atom stereocenters. The molecule has 0 bridgehead atoms. The van der Waals surface area contributed by atoms with Crippen LogP contribution in [-0.2, 0) is 57.0 Å². The second-order valence-corrected chi connectivity index (χ2v) is 11.9. The van der Waals surface area contributed by atoms with Gasteiger partial charge in [-0.2, -0.15) is 43.9 Å². The molecule has 56 heavy (non-hydrogen) atoms. The van der Waals surface area contributed by atoms with Crippen molar-refractivity contribution in [3.05, 3.63) is 25.3 Å². The van der Waals surface area contributed by atoms with Gasteiger partial charge in [-0.1, -0.05) is 26.0 Å². The van der Waals surface area contributed by atoms with Crippen molar-refractivity contribution < 1.29 is 101 Å². The SMILES string of the molecule is C=CC(=O)OCCOC(C)OCCCCOC(C)OC(CCCCC(COCC(F)(F)C(F)(F)F)OC(C)OCCOC(=O)C=C)COCC(F)(F)C(F)(F)F. The molecule has 0 rings (SSSR count). The first-order valence-electron chi connectivity index (χ1n) is 17.4. The molecule has 0 aliphatic carbocycles. The predicted molar refractivity (Wildman–Crippen MR) is 176 cm³/mol. The maximum Gasteiger partial charge on any atom is 0.455 e. The summed E-state index contributed by atoms with van der Waals surface area (Å²) in [5, 5.41) is 0. The molecule has 0 heterocycles. The first-order valence-corrected chi connectivity index (χ1v) is 17.4. The molecule has 330 valence electrons. The smallest absolute Gasteiger partial charge is 0.455 e. The third-order valence-corrected chi connectivity index (χ3v) is 7.01. The lowest BCUT2D eigenvalue weighted by atomic mass is 10.1. The highest BCUT2D eigenvalue weighted by atomic mass is 19.4. The molecular formula is C34H52F10O12. The van der Waals surface area contributed by atoms with E-state index in [2.05, 4.69) is 22.6 Å². The fourth-order valence-corrected chi connectivity index (χ4v) is 4.13. The van der Waals surface area contributed by atoms with Crippen molar-refractivity contribution >= 4 is 11.9 Å². The van der Waals surface area contributed by atoms with Crippen LogP contribution in [0, 0.1) is 0 Å². The zero-order chi connectivity index (χ0) is 42.8. The van der Waals surface area contributed by atoms with Crippen molar-refractivity contribution in [1.82, 2.24) is 0 Å². The minimum Gasteiger partial charge on any atom is -0.460 e. The van der Waals surface area contributed by atoms with E-state index in [0.717, 1.165) is 12.2 Å². The molecule has 0 saturated heterocycles. The Hall–Kier alpha value is -2.60. The lowest BCUT2D eigenvalue weighted by Gasteiger charge is -2.26. The van der Waals surface area contributed by atoms with Gasteiger partial charge in [-0.25, -0.2) is 9.59 Å². The minimum atomic E-state index is -5.86. The molecule has 22 heteroatoms. The average Bonchev–Trinajstić information content (AvgIpc) is 3.10. The number of alkyl halides is 10. The maximum absolute atomic E-state index is 13.4. The van der Waals surface area contributed by atoms with Gasteiger partial charge in [0, 0.05) is 25.4 Å². The zero-order valence-electron chi connectivity index (χ0n) is 31.4. The molecule has 0 aliphatic rings. The second-order valence-electron chi connectivity index (χ2n) is 11.9. The summed E-state index contributed by atoms with van der Waals surface area (Å²) in [6.45, 7) is 5.70. The standard InChI is InChI=1S/C34H52F10O12/c1-6-29(45)53-18-16-51-24(3)49-14-10-11-15-50-25(4)55-27(20-47-22-31(35,36)33(39,40)41)12-8-9-13-28(21-48-23-32(37,38)34(42,43)44)56-26(5)52-17-19-54-30(46)7-2/h6-7,24-28H,1-2,8-23H2,3-5H3. The Morgan fingerprint density at radius 2 is 0.857 bits per heavy atom. The van der Waals surface area contributed by atoms with Gasteiger partial charge in [-0.15, -0.1) is 0 Å². The van der Waals surface area contributed by atoms with Crippen LogP contribution >= 0.6 is 0 Å². The average molecular weight is 843 g/mol. The molecule has 0 saturated carbocycles. The van der Waals surface area contributed by atoms with Gasteiger partial charge in [0.2, 0.25) is 0 Å². The van der Waals surface area contributed by atoms with Crippen LogP contribution in [0.5, 0.6) is 0 Å². The van der Waals surface area contributed by atoms with E-state index >= 15 is 0 Å². The molecule has 0 amide bonds. The maximum atomic E-state index is 13.4. The van der Waals surface area contributed by atoms with E-state index in [-0.39, 0.29) is 65.3 Å². The lowest BCUT2D eigenvalue weighted by Crippen LogP contribution is -2.41. The number of hydrogen-bond acceptors (Lipinski definition) is 12. The van der Waals surface area contributed by atoms with Crippen LogP contribution in [0.2, 0.25) is 0 Å². The fourth-order valence-electron chi connectivity index (χ4n) is 4.13. The highest BCUT2D eigenvalue weighted by Crippen LogP contribution is 2.36. The van der Waals surface area contributed by atoms with Gasteiger partial charge in [-0.3, -0.25) is 0 Å². The van der Waals surface area contributed by atoms with Crippen LogP contribution in [0.4, 0.5) is 43.9 Å². The molecule has 0 aromatic rings. The number of ether oxygens (including phenoxy) is 10. The summed E-state index contributed by atoms with van der Waals surface area (Å²) in [6, 6.07) is 0. The normalized spacial score (nSPS) is 15.4. The Morgan fingerprint density at radius 3 is 1.21 bits per heavy atom. The molecule has 0 aliphatic heterocycles. The van der Waals surface area contributed by atoms with E-state index in [1.807, 2.05) is 0 Å². The molecule has 12 nitrogen and oxygen atoms in total. The topological polar surface area (TPSA) is 126 Å². The largest absolute Gasteiger partial charge is 0.460 e. The summed E-state index contributed by atoms with van der Waals surface area (Å²) in [5.41, 5.74) is 0. The van der Waals surface area contributed by atoms with Crippen LogP contribution < -0.4 is 0 Å². The first-order chi connectivity index (χ1) is 26.0. The lowest BCUT2D eigenvalue weighted by molar-refractivity contribution is -0.299. The van der Waals surface area contributed by atoms with Crippen molar-refractivity contribution in [3.63, 3.8) is 0 Å². The van der Waals surface area contributed by atoms with Gasteiger partial charge in [0.1, 0.15) is 26.4 Å². The molecule has 0 N–H and O–H groups in total. The van der Waals surface area contributed by atoms with Gasteiger partial charge < -0.3 is 47.4 Å². The third kappa shape index (κ3) is 25.6. The third-order valence-electron chi connectivity index (χ3n) is 7.01. The first kappa shape index (κ1) is 53.4.